The van der Waals surface area contributed by atoms with E-state index in [9.17, 15) is 19.2 Å². The summed E-state index contributed by atoms with van der Waals surface area (Å²) in [5, 5.41) is 16.8. The van der Waals surface area contributed by atoms with Crippen LogP contribution in [0.15, 0.2) is 40.9 Å². The summed E-state index contributed by atoms with van der Waals surface area (Å²) in [5.74, 6) is -0.370. The minimum absolute atomic E-state index is 0.00484. The first kappa shape index (κ1) is 28.5. The minimum Gasteiger partial charge on any atom is -0.359 e. The molecule has 0 aliphatic carbocycles. The van der Waals surface area contributed by atoms with Crippen LogP contribution in [0.3, 0.4) is 0 Å². The van der Waals surface area contributed by atoms with Gasteiger partial charge < -0.3 is 25.4 Å². The van der Waals surface area contributed by atoms with Crippen molar-refractivity contribution in [2.75, 3.05) is 13.1 Å². The van der Waals surface area contributed by atoms with E-state index in [-0.39, 0.29) is 49.6 Å². The fourth-order valence-electron chi connectivity index (χ4n) is 4.37. The van der Waals surface area contributed by atoms with Crippen LogP contribution in [0, 0.1) is 5.92 Å². The lowest BCUT2D eigenvalue weighted by Gasteiger charge is -2.22. The van der Waals surface area contributed by atoms with Crippen LogP contribution in [0.4, 0.5) is 0 Å². The second-order valence-corrected chi connectivity index (χ2v) is 10.2. The molecule has 0 radical (unpaired) electrons. The van der Waals surface area contributed by atoms with Crippen molar-refractivity contribution in [3.63, 3.8) is 0 Å². The van der Waals surface area contributed by atoms with Crippen molar-refractivity contribution in [3.05, 3.63) is 53.7 Å². The first-order chi connectivity index (χ1) is 19.1. The summed E-state index contributed by atoms with van der Waals surface area (Å²) in [6.07, 6.45) is 0.372. The molecule has 1 aliphatic heterocycles. The van der Waals surface area contributed by atoms with Crippen LogP contribution in [0.2, 0.25) is 0 Å². The van der Waals surface area contributed by atoms with E-state index in [2.05, 4.69) is 31.2 Å². The van der Waals surface area contributed by atoms with E-state index in [0.29, 0.717) is 23.8 Å². The molecule has 0 fully saturated rings. The van der Waals surface area contributed by atoms with Gasteiger partial charge in [0.05, 0.1) is 12.6 Å². The van der Waals surface area contributed by atoms with Gasteiger partial charge >= 0.3 is 0 Å². The number of nitrogens with one attached hydrogen (secondary N) is 3. The van der Waals surface area contributed by atoms with Crippen LogP contribution >= 0.6 is 0 Å². The molecule has 40 heavy (non-hydrogen) atoms. The Hall–Kier alpha value is -4.55. The molecule has 212 valence electrons. The SMILES string of the molecule is CC(=O)N1CCNC(=O)Cn2nc(-c3ccccc3)nc2[C@H](C)NC(=O)[C@@H](CC(C)C)NC(=O)c2cc(on2)C1. The van der Waals surface area contributed by atoms with Gasteiger partial charge in [0, 0.05) is 31.6 Å². The Morgan fingerprint density at radius 2 is 1.88 bits per heavy atom. The molecule has 4 rings (SSSR count). The van der Waals surface area contributed by atoms with Crippen LogP contribution in [-0.2, 0) is 27.5 Å². The van der Waals surface area contributed by atoms with Gasteiger partial charge in [-0.2, -0.15) is 5.10 Å². The van der Waals surface area contributed by atoms with E-state index in [1.165, 1.54) is 22.6 Å². The second-order valence-electron chi connectivity index (χ2n) is 10.2. The zero-order chi connectivity index (χ0) is 28.8. The molecular weight excluding hydrogens is 516 g/mol. The number of carbonyl (C=O) groups excluding carboxylic acids is 4. The molecule has 2 aromatic heterocycles. The van der Waals surface area contributed by atoms with Crippen LogP contribution in [0.25, 0.3) is 11.4 Å². The summed E-state index contributed by atoms with van der Waals surface area (Å²) < 4.78 is 6.74. The number of rotatable bonds is 3. The van der Waals surface area contributed by atoms with Gasteiger partial charge in [-0.05, 0) is 19.3 Å². The predicted octanol–water partition coefficient (Wildman–Crippen LogP) is 1.43. The fraction of sp³-hybridized carbons (Fsp3) is 0.444. The van der Waals surface area contributed by atoms with Gasteiger partial charge in [-0.25, -0.2) is 9.67 Å². The number of benzene rings is 1. The molecule has 0 saturated carbocycles. The summed E-state index contributed by atoms with van der Waals surface area (Å²) in [7, 11) is 0. The van der Waals surface area contributed by atoms with E-state index in [1.807, 2.05) is 44.2 Å². The summed E-state index contributed by atoms with van der Waals surface area (Å²) in [5.41, 5.74) is 0.753. The smallest absolute Gasteiger partial charge is 0.274 e. The molecule has 3 N–H and O–H groups in total. The lowest BCUT2D eigenvalue weighted by Crippen LogP contribution is -2.48. The Morgan fingerprint density at radius 3 is 2.58 bits per heavy atom. The monoisotopic (exact) mass is 550 g/mol. The van der Waals surface area contributed by atoms with Gasteiger partial charge in [-0.3, -0.25) is 19.2 Å². The molecule has 0 spiro atoms. The fourth-order valence-corrected chi connectivity index (χ4v) is 4.37. The van der Waals surface area contributed by atoms with Crippen LogP contribution in [0.1, 0.15) is 62.2 Å². The highest BCUT2D eigenvalue weighted by atomic mass is 16.5. The van der Waals surface area contributed by atoms with Crippen molar-refractivity contribution in [2.24, 2.45) is 5.92 Å². The molecule has 1 aliphatic rings. The average Bonchev–Trinajstić information content (AvgIpc) is 3.55. The summed E-state index contributed by atoms with van der Waals surface area (Å²) in [6, 6.07) is 9.24. The average molecular weight is 551 g/mol. The van der Waals surface area contributed by atoms with Crippen LogP contribution < -0.4 is 16.0 Å². The number of carbonyl (C=O) groups is 4. The first-order valence-corrected chi connectivity index (χ1v) is 13.2. The Bertz CT molecular complexity index is 1370. The van der Waals surface area contributed by atoms with Crippen molar-refractivity contribution in [1.29, 1.82) is 0 Å². The highest BCUT2D eigenvalue weighted by Crippen LogP contribution is 2.19. The van der Waals surface area contributed by atoms with E-state index < -0.39 is 23.9 Å². The molecule has 3 aromatic rings. The largest absolute Gasteiger partial charge is 0.359 e. The normalized spacial score (nSPS) is 19.2. The van der Waals surface area contributed by atoms with Crippen molar-refractivity contribution in [3.8, 4) is 11.4 Å². The third-order valence-electron chi connectivity index (χ3n) is 6.39. The van der Waals surface area contributed by atoms with Crippen molar-refractivity contribution >= 4 is 23.6 Å². The Balaban J connectivity index is 1.68. The van der Waals surface area contributed by atoms with Gasteiger partial charge in [-0.1, -0.05) is 49.3 Å². The maximum atomic E-state index is 13.4. The topological polar surface area (TPSA) is 164 Å². The molecule has 0 saturated heterocycles. The molecule has 2 bridgehead atoms. The zero-order valence-electron chi connectivity index (χ0n) is 23.0. The minimum atomic E-state index is -0.865. The lowest BCUT2D eigenvalue weighted by atomic mass is 10.0. The standard InChI is InChI=1S/C27H34N8O5/c1-16(2)12-21-26(38)29-17(3)25-31-24(19-8-6-5-7-9-19)32-35(25)15-23(37)28-10-11-34(18(4)36)14-20-13-22(33-40-20)27(39)30-21/h5-9,13,16-17,21H,10-12,14-15H2,1-4H3,(H,28,37)(H,29,38)(H,30,39)/t17-,21+/m0/s1. The van der Waals surface area contributed by atoms with Gasteiger partial charge in [0.2, 0.25) is 17.7 Å². The van der Waals surface area contributed by atoms with Crippen LogP contribution in [0.5, 0.6) is 0 Å². The number of hydrogen-bond donors (Lipinski definition) is 3. The molecule has 13 heteroatoms. The zero-order valence-corrected chi connectivity index (χ0v) is 23.0. The van der Waals surface area contributed by atoms with E-state index in [0.717, 1.165) is 5.56 Å². The quantitative estimate of drug-likeness (QED) is 0.441. The van der Waals surface area contributed by atoms with E-state index in [1.54, 1.807) is 6.92 Å². The summed E-state index contributed by atoms with van der Waals surface area (Å²) >= 11 is 0. The first-order valence-electron chi connectivity index (χ1n) is 13.2. The predicted molar refractivity (Wildman–Crippen MR) is 143 cm³/mol. The number of fused-ring (bicyclic) bond motifs is 3. The molecule has 4 amide bonds. The van der Waals surface area contributed by atoms with Crippen LogP contribution in [-0.4, -0.2) is 67.6 Å². The van der Waals surface area contributed by atoms with Crippen molar-refractivity contribution in [2.45, 2.75) is 59.3 Å². The van der Waals surface area contributed by atoms with Gasteiger partial charge in [-0.15, -0.1) is 0 Å². The molecular formula is C27H34N8O5. The van der Waals surface area contributed by atoms with Gasteiger partial charge in [0.25, 0.3) is 5.91 Å². The second kappa shape index (κ2) is 12.5. The van der Waals surface area contributed by atoms with Gasteiger partial charge in [0.1, 0.15) is 18.4 Å². The third-order valence-corrected chi connectivity index (χ3v) is 6.39. The maximum absolute atomic E-state index is 13.4. The third kappa shape index (κ3) is 7.10. The highest BCUT2D eigenvalue weighted by Gasteiger charge is 2.28. The van der Waals surface area contributed by atoms with E-state index >= 15 is 0 Å². The lowest BCUT2D eigenvalue weighted by molar-refractivity contribution is -0.130. The van der Waals surface area contributed by atoms with Crippen molar-refractivity contribution < 1.29 is 23.7 Å². The molecule has 13 nitrogen and oxygen atoms in total. The number of amides is 4. The maximum Gasteiger partial charge on any atom is 0.274 e. The molecule has 0 unspecified atom stereocenters. The Morgan fingerprint density at radius 1 is 1.12 bits per heavy atom. The molecule has 3 heterocycles. The summed E-state index contributed by atoms with van der Waals surface area (Å²) in [6.45, 7) is 7.35. The van der Waals surface area contributed by atoms with E-state index in [4.69, 9.17) is 4.52 Å². The number of hydrogen-bond acceptors (Lipinski definition) is 8. The Kier molecular flexibility index (Phi) is 8.92. The van der Waals surface area contributed by atoms with Crippen molar-refractivity contribution in [1.82, 2.24) is 40.8 Å². The number of nitrogens with zero attached hydrogens (tertiary/aromatic N) is 5. The highest BCUT2D eigenvalue weighted by molar-refractivity contribution is 5.96. The van der Waals surface area contributed by atoms with Gasteiger partial charge in [0.15, 0.2) is 17.3 Å². The molecule has 1 aromatic carbocycles. The Labute approximate surface area is 231 Å². The number of aromatic nitrogens is 4. The summed E-state index contributed by atoms with van der Waals surface area (Å²) in [4.78, 5) is 57.6. The molecule has 2 atom stereocenters.